The molecular formula is C37H54FNO2. The van der Waals surface area contributed by atoms with Crippen molar-refractivity contribution in [1.82, 2.24) is 4.98 Å². The molecule has 1 heterocycles. The molecule has 2 fully saturated rings. The van der Waals surface area contributed by atoms with Crippen molar-refractivity contribution >= 4 is 5.78 Å². The average molecular weight is 564 g/mol. The van der Waals surface area contributed by atoms with Gasteiger partial charge in [-0.15, -0.1) is 0 Å². The highest BCUT2D eigenvalue weighted by Crippen LogP contribution is 2.50. The minimum absolute atomic E-state index is 0.0364. The fourth-order valence-electron chi connectivity index (χ4n) is 7.37. The van der Waals surface area contributed by atoms with Gasteiger partial charge in [0, 0.05) is 36.2 Å². The minimum atomic E-state index is -0.321. The molecule has 2 saturated carbocycles. The number of hydrogen-bond donors (Lipinski definition) is 0. The van der Waals surface area contributed by atoms with E-state index >= 15 is 0 Å². The number of rotatable bonds is 14. The highest BCUT2D eigenvalue weighted by Gasteiger charge is 2.42. The molecule has 4 rings (SSSR count). The zero-order chi connectivity index (χ0) is 29.2. The van der Waals surface area contributed by atoms with E-state index in [2.05, 4.69) is 33.0 Å². The SMILES string of the molecule is CCCC(CC)C(=O)Cc1ccc(OCCC2CC2C2CCCCC(c3ncc(CC)cc3CC)CCC2)cc1F. The van der Waals surface area contributed by atoms with Crippen LogP contribution in [0.3, 0.4) is 0 Å². The standard InChI is InChI=1S/C37H54FNO2/c1-5-12-27(7-3)36(40)23-32-17-18-33(24-35(32)38)41-20-19-31-22-34(31)29-13-9-10-14-30(16-11-15-29)37-28(8-4)21-26(6-2)25-39-37/h17-18,21,24-25,27,29-31,34H,5-16,19-20,22-23H2,1-4H3. The van der Waals surface area contributed by atoms with E-state index in [4.69, 9.17) is 9.72 Å². The van der Waals surface area contributed by atoms with E-state index in [1.54, 1.807) is 6.07 Å². The monoisotopic (exact) mass is 563 g/mol. The van der Waals surface area contributed by atoms with Crippen LogP contribution in [0.15, 0.2) is 30.5 Å². The van der Waals surface area contributed by atoms with Crippen LogP contribution in [-0.2, 0) is 24.1 Å². The van der Waals surface area contributed by atoms with Gasteiger partial charge in [-0.05, 0) is 91.9 Å². The molecule has 1 aromatic heterocycles. The van der Waals surface area contributed by atoms with E-state index < -0.39 is 0 Å². The molecule has 2 aliphatic carbocycles. The normalized spacial score (nSPS) is 23.7. The first-order valence-corrected chi connectivity index (χ1v) is 16.9. The maximum absolute atomic E-state index is 14.7. The van der Waals surface area contributed by atoms with E-state index in [0.717, 1.165) is 56.3 Å². The van der Waals surface area contributed by atoms with Crippen LogP contribution in [0.2, 0.25) is 0 Å². The Balaban J connectivity index is 1.21. The number of pyridine rings is 1. The topological polar surface area (TPSA) is 39.2 Å². The fraction of sp³-hybridized carbons (Fsp3) is 0.676. The van der Waals surface area contributed by atoms with E-state index in [-0.39, 0.29) is 23.9 Å². The molecule has 5 atom stereocenters. The molecule has 3 nitrogen and oxygen atoms in total. The number of carbonyl (C=O) groups excluding carboxylic acids is 1. The van der Waals surface area contributed by atoms with E-state index in [9.17, 15) is 9.18 Å². The van der Waals surface area contributed by atoms with Crippen LogP contribution >= 0.6 is 0 Å². The first-order chi connectivity index (χ1) is 20.0. The quantitative estimate of drug-likeness (QED) is 0.230. The van der Waals surface area contributed by atoms with Crippen molar-refractivity contribution in [2.75, 3.05) is 6.61 Å². The van der Waals surface area contributed by atoms with Gasteiger partial charge in [0.2, 0.25) is 0 Å². The van der Waals surface area contributed by atoms with Gasteiger partial charge in [0.15, 0.2) is 0 Å². The van der Waals surface area contributed by atoms with Crippen molar-refractivity contribution in [2.24, 2.45) is 23.7 Å². The van der Waals surface area contributed by atoms with Gasteiger partial charge < -0.3 is 4.74 Å². The van der Waals surface area contributed by atoms with Crippen molar-refractivity contribution in [2.45, 2.75) is 130 Å². The molecule has 41 heavy (non-hydrogen) atoms. The number of aryl methyl sites for hydroxylation is 2. The molecule has 5 unspecified atom stereocenters. The number of hydrogen-bond acceptors (Lipinski definition) is 3. The molecule has 0 bridgehead atoms. The Morgan fingerprint density at radius 1 is 1.00 bits per heavy atom. The molecule has 226 valence electrons. The van der Waals surface area contributed by atoms with Crippen molar-refractivity contribution < 1.29 is 13.9 Å². The maximum atomic E-state index is 14.7. The predicted octanol–water partition coefficient (Wildman–Crippen LogP) is 9.83. The molecule has 0 saturated heterocycles. The molecule has 0 amide bonds. The van der Waals surface area contributed by atoms with Gasteiger partial charge in [-0.25, -0.2) is 4.39 Å². The van der Waals surface area contributed by atoms with Crippen LogP contribution < -0.4 is 4.74 Å². The molecule has 1 aromatic carbocycles. The largest absolute Gasteiger partial charge is 0.493 e. The first kappa shape index (κ1) is 31.7. The summed E-state index contributed by atoms with van der Waals surface area (Å²) in [6.45, 7) is 9.25. The Kier molecular flexibility index (Phi) is 12.3. The van der Waals surface area contributed by atoms with E-state index in [1.165, 1.54) is 74.3 Å². The number of aromatic nitrogens is 1. The number of carbonyl (C=O) groups is 1. The summed E-state index contributed by atoms with van der Waals surface area (Å²) >= 11 is 0. The zero-order valence-electron chi connectivity index (χ0n) is 26.2. The molecular weight excluding hydrogens is 509 g/mol. The van der Waals surface area contributed by atoms with Gasteiger partial charge in [0.05, 0.1) is 6.61 Å². The summed E-state index contributed by atoms with van der Waals surface area (Å²) in [7, 11) is 0. The number of ether oxygens (including phenoxy) is 1. The lowest BCUT2D eigenvalue weighted by Gasteiger charge is -2.19. The molecule has 0 spiro atoms. The molecule has 0 aliphatic heterocycles. The third-order valence-corrected chi connectivity index (χ3v) is 10.1. The highest BCUT2D eigenvalue weighted by molar-refractivity contribution is 5.83. The second kappa shape index (κ2) is 15.8. The lowest BCUT2D eigenvalue weighted by molar-refractivity contribution is -0.122. The minimum Gasteiger partial charge on any atom is -0.493 e. The summed E-state index contributed by atoms with van der Waals surface area (Å²) in [6, 6.07) is 7.44. The van der Waals surface area contributed by atoms with Gasteiger partial charge in [0.1, 0.15) is 17.3 Å². The Bertz CT molecular complexity index is 1110. The zero-order valence-corrected chi connectivity index (χ0v) is 26.2. The van der Waals surface area contributed by atoms with Crippen LogP contribution in [0.25, 0.3) is 0 Å². The van der Waals surface area contributed by atoms with Gasteiger partial charge in [0.25, 0.3) is 0 Å². The second-order valence-electron chi connectivity index (χ2n) is 12.9. The lowest BCUT2D eigenvalue weighted by Crippen LogP contribution is -2.16. The van der Waals surface area contributed by atoms with Crippen LogP contribution in [0.1, 0.15) is 133 Å². The molecule has 4 heteroatoms. The van der Waals surface area contributed by atoms with Crippen LogP contribution in [-0.4, -0.2) is 17.4 Å². The molecule has 2 aromatic rings. The Morgan fingerprint density at radius 3 is 2.51 bits per heavy atom. The summed E-state index contributed by atoms with van der Waals surface area (Å²) < 4.78 is 20.7. The highest BCUT2D eigenvalue weighted by atomic mass is 19.1. The van der Waals surface area contributed by atoms with Gasteiger partial charge in [-0.1, -0.05) is 78.4 Å². The predicted molar refractivity (Wildman–Crippen MR) is 167 cm³/mol. The summed E-state index contributed by atoms with van der Waals surface area (Å²) in [5, 5.41) is 0. The Morgan fingerprint density at radius 2 is 1.78 bits per heavy atom. The van der Waals surface area contributed by atoms with Crippen molar-refractivity contribution in [3.05, 3.63) is 58.7 Å². The van der Waals surface area contributed by atoms with Gasteiger partial charge >= 0.3 is 0 Å². The van der Waals surface area contributed by atoms with E-state index in [1.807, 2.05) is 13.0 Å². The molecule has 0 N–H and O–H groups in total. The Labute approximate surface area is 249 Å². The summed E-state index contributed by atoms with van der Waals surface area (Å²) in [5.74, 6) is 3.49. The van der Waals surface area contributed by atoms with Crippen LogP contribution in [0.5, 0.6) is 5.75 Å². The van der Waals surface area contributed by atoms with Crippen LogP contribution in [0, 0.1) is 29.5 Å². The van der Waals surface area contributed by atoms with Crippen LogP contribution in [0.4, 0.5) is 4.39 Å². The molecule has 0 radical (unpaired) electrons. The van der Waals surface area contributed by atoms with Crippen molar-refractivity contribution in [1.29, 1.82) is 0 Å². The molecule has 2 aliphatic rings. The third kappa shape index (κ3) is 8.88. The lowest BCUT2D eigenvalue weighted by atomic mass is 9.88. The van der Waals surface area contributed by atoms with Gasteiger partial charge in [-0.2, -0.15) is 0 Å². The Hall–Kier alpha value is -2.23. The number of nitrogens with zero attached hydrogens (tertiary/aromatic N) is 1. The second-order valence-corrected chi connectivity index (χ2v) is 12.9. The number of ketones is 1. The van der Waals surface area contributed by atoms with Crippen molar-refractivity contribution in [3.8, 4) is 5.75 Å². The fourth-order valence-corrected chi connectivity index (χ4v) is 7.37. The van der Waals surface area contributed by atoms with Gasteiger partial charge in [-0.3, -0.25) is 9.78 Å². The number of benzene rings is 1. The number of Topliss-reactive ketones (excluding diaryl/α,β-unsaturated/α-hetero) is 1. The summed E-state index contributed by atoms with van der Waals surface area (Å²) in [6.07, 6.45) is 18.7. The summed E-state index contributed by atoms with van der Waals surface area (Å²) in [4.78, 5) is 17.5. The smallest absolute Gasteiger partial charge is 0.140 e. The maximum Gasteiger partial charge on any atom is 0.140 e. The first-order valence-electron chi connectivity index (χ1n) is 16.9. The van der Waals surface area contributed by atoms with Crippen molar-refractivity contribution in [3.63, 3.8) is 0 Å². The average Bonchev–Trinajstić information content (AvgIpc) is 3.73. The number of halogens is 1. The van der Waals surface area contributed by atoms with E-state index in [0.29, 0.717) is 23.8 Å². The third-order valence-electron chi connectivity index (χ3n) is 10.1. The summed E-state index contributed by atoms with van der Waals surface area (Å²) in [5.41, 5.74) is 4.69.